The number of hydrogen-bond acceptors (Lipinski definition) is 3. The topological polar surface area (TPSA) is 58.4 Å². The predicted octanol–water partition coefficient (Wildman–Crippen LogP) is 1.49. The smallest absolute Gasteiger partial charge is 0.237 e. The van der Waals surface area contributed by atoms with Crippen molar-refractivity contribution >= 4 is 5.91 Å². The molecular weight excluding hydrogens is 238 g/mol. The predicted molar refractivity (Wildman–Crippen MR) is 78.5 cm³/mol. The zero-order chi connectivity index (χ0) is 14.4. The van der Waals surface area contributed by atoms with Crippen LogP contribution in [0.4, 0.5) is 0 Å². The van der Waals surface area contributed by atoms with Crippen LogP contribution in [-0.2, 0) is 17.9 Å². The van der Waals surface area contributed by atoms with E-state index in [0.29, 0.717) is 6.54 Å². The Balaban J connectivity index is 2.57. The lowest BCUT2D eigenvalue weighted by atomic mass is 10.1. The summed E-state index contributed by atoms with van der Waals surface area (Å²) in [6, 6.07) is 8.21. The van der Waals surface area contributed by atoms with E-state index in [-0.39, 0.29) is 18.0 Å². The van der Waals surface area contributed by atoms with Crippen LogP contribution in [0.25, 0.3) is 0 Å². The molecule has 0 aliphatic rings. The molecule has 0 aliphatic carbocycles. The molecule has 1 aromatic rings. The Kier molecular flexibility index (Phi) is 5.99. The largest absolute Gasteiger partial charge is 0.353 e. The third-order valence-corrected chi connectivity index (χ3v) is 3.16. The zero-order valence-corrected chi connectivity index (χ0v) is 12.3. The van der Waals surface area contributed by atoms with Crippen LogP contribution in [0.2, 0.25) is 0 Å². The SMILES string of the molecule is CC(C)NC(=O)C(C)N(C)Cc1ccc(CN)cc1. The second-order valence-electron chi connectivity index (χ2n) is 5.27. The number of rotatable bonds is 6. The highest BCUT2D eigenvalue weighted by Gasteiger charge is 2.18. The van der Waals surface area contributed by atoms with E-state index < -0.39 is 0 Å². The number of hydrogen-bond donors (Lipinski definition) is 2. The summed E-state index contributed by atoms with van der Waals surface area (Å²) in [4.78, 5) is 14.0. The molecule has 0 heterocycles. The van der Waals surface area contributed by atoms with Crippen LogP contribution in [0.5, 0.6) is 0 Å². The van der Waals surface area contributed by atoms with Gasteiger partial charge in [0.1, 0.15) is 0 Å². The van der Waals surface area contributed by atoms with Gasteiger partial charge in [0.15, 0.2) is 0 Å². The van der Waals surface area contributed by atoms with E-state index in [0.717, 1.165) is 12.1 Å². The van der Waals surface area contributed by atoms with Gasteiger partial charge in [-0.2, -0.15) is 0 Å². The van der Waals surface area contributed by atoms with Gasteiger partial charge in [-0.1, -0.05) is 24.3 Å². The first-order valence-electron chi connectivity index (χ1n) is 6.72. The molecule has 0 radical (unpaired) electrons. The number of amides is 1. The maximum atomic E-state index is 11.9. The summed E-state index contributed by atoms with van der Waals surface area (Å²) in [5.41, 5.74) is 7.88. The molecule has 0 saturated carbocycles. The number of carbonyl (C=O) groups excluding carboxylic acids is 1. The standard InChI is InChI=1S/C15H25N3O/c1-11(2)17-15(19)12(3)18(4)10-14-7-5-13(9-16)6-8-14/h5-8,11-12H,9-10,16H2,1-4H3,(H,17,19). The lowest BCUT2D eigenvalue weighted by Gasteiger charge is -2.25. The van der Waals surface area contributed by atoms with Gasteiger partial charge < -0.3 is 11.1 Å². The van der Waals surface area contributed by atoms with Crippen molar-refractivity contribution in [1.82, 2.24) is 10.2 Å². The third kappa shape index (κ3) is 5.01. The van der Waals surface area contributed by atoms with Crippen LogP contribution in [0, 0.1) is 0 Å². The minimum atomic E-state index is -0.142. The van der Waals surface area contributed by atoms with Crippen LogP contribution in [0.3, 0.4) is 0 Å². The van der Waals surface area contributed by atoms with Crippen molar-refractivity contribution in [2.45, 2.75) is 45.9 Å². The molecule has 19 heavy (non-hydrogen) atoms. The van der Waals surface area contributed by atoms with E-state index in [1.165, 1.54) is 5.56 Å². The maximum absolute atomic E-state index is 11.9. The molecular formula is C15H25N3O. The van der Waals surface area contributed by atoms with Crippen molar-refractivity contribution in [1.29, 1.82) is 0 Å². The fraction of sp³-hybridized carbons (Fsp3) is 0.533. The number of carbonyl (C=O) groups is 1. The van der Waals surface area contributed by atoms with E-state index in [9.17, 15) is 4.79 Å². The first kappa shape index (κ1) is 15.7. The lowest BCUT2D eigenvalue weighted by molar-refractivity contribution is -0.126. The zero-order valence-electron chi connectivity index (χ0n) is 12.3. The highest BCUT2D eigenvalue weighted by Crippen LogP contribution is 2.08. The number of nitrogens with zero attached hydrogens (tertiary/aromatic N) is 1. The van der Waals surface area contributed by atoms with Gasteiger partial charge in [-0.3, -0.25) is 9.69 Å². The molecule has 0 spiro atoms. The second kappa shape index (κ2) is 7.26. The van der Waals surface area contributed by atoms with Gasteiger partial charge in [0.2, 0.25) is 5.91 Å². The fourth-order valence-corrected chi connectivity index (χ4v) is 1.81. The summed E-state index contributed by atoms with van der Waals surface area (Å²) >= 11 is 0. The first-order valence-corrected chi connectivity index (χ1v) is 6.72. The van der Waals surface area contributed by atoms with Crippen molar-refractivity contribution in [3.63, 3.8) is 0 Å². The second-order valence-corrected chi connectivity index (χ2v) is 5.27. The van der Waals surface area contributed by atoms with Crippen molar-refractivity contribution in [3.8, 4) is 0 Å². The summed E-state index contributed by atoms with van der Waals surface area (Å²) in [5, 5.41) is 2.93. The fourth-order valence-electron chi connectivity index (χ4n) is 1.81. The lowest BCUT2D eigenvalue weighted by Crippen LogP contribution is -2.45. The van der Waals surface area contributed by atoms with Crippen LogP contribution >= 0.6 is 0 Å². The van der Waals surface area contributed by atoms with Gasteiger partial charge >= 0.3 is 0 Å². The highest BCUT2D eigenvalue weighted by molar-refractivity contribution is 5.81. The molecule has 0 aliphatic heterocycles. The van der Waals surface area contributed by atoms with Crippen molar-refractivity contribution in [3.05, 3.63) is 35.4 Å². The van der Waals surface area contributed by atoms with Crippen LogP contribution in [0.1, 0.15) is 31.9 Å². The van der Waals surface area contributed by atoms with Crippen LogP contribution in [-0.4, -0.2) is 29.9 Å². The summed E-state index contributed by atoms with van der Waals surface area (Å²) in [5.74, 6) is 0.0658. The third-order valence-electron chi connectivity index (χ3n) is 3.16. The Morgan fingerprint density at radius 3 is 2.21 bits per heavy atom. The van der Waals surface area contributed by atoms with Gasteiger partial charge in [-0.15, -0.1) is 0 Å². The Bertz CT molecular complexity index is 400. The average Bonchev–Trinajstić information content (AvgIpc) is 2.37. The number of nitrogens with one attached hydrogen (secondary N) is 1. The van der Waals surface area contributed by atoms with Gasteiger partial charge in [-0.05, 0) is 38.9 Å². The number of nitrogens with two attached hydrogens (primary N) is 1. The first-order chi connectivity index (χ1) is 8.93. The van der Waals surface area contributed by atoms with Gasteiger partial charge in [0.05, 0.1) is 6.04 Å². The summed E-state index contributed by atoms with van der Waals surface area (Å²) in [6.07, 6.45) is 0. The molecule has 0 fully saturated rings. The summed E-state index contributed by atoms with van der Waals surface area (Å²) < 4.78 is 0. The molecule has 1 amide bonds. The molecule has 1 aromatic carbocycles. The van der Waals surface area contributed by atoms with E-state index >= 15 is 0 Å². The Hall–Kier alpha value is -1.39. The molecule has 1 atom stereocenters. The summed E-state index contributed by atoms with van der Waals surface area (Å²) in [6.45, 7) is 7.17. The highest BCUT2D eigenvalue weighted by atomic mass is 16.2. The van der Waals surface area contributed by atoms with Crippen molar-refractivity contribution in [2.24, 2.45) is 5.73 Å². The minimum Gasteiger partial charge on any atom is -0.353 e. The van der Waals surface area contributed by atoms with Gasteiger partial charge in [0.25, 0.3) is 0 Å². The Morgan fingerprint density at radius 1 is 1.21 bits per heavy atom. The quantitative estimate of drug-likeness (QED) is 0.817. The molecule has 3 N–H and O–H groups in total. The maximum Gasteiger partial charge on any atom is 0.237 e. The van der Waals surface area contributed by atoms with E-state index in [2.05, 4.69) is 17.4 Å². The molecule has 1 unspecified atom stereocenters. The van der Waals surface area contributed by atoms with Crippen molar-refractivity contribution < 1.29 is 4.79 Å². The summed E-state index contributed by atoms with van der Waals surface area (Å²) in [7, 11) is 1.96. The van der Waals surface area contributed by atoms with E-state index in [1.807, 2.05) is 44.9 Å². The van der Waals surface area contributed by atoms with Crippen LogP contribution in [0.15, 0.2) is 24.3 Å². The number of benzene rings is 1. The molecule has 106 valence electrons. The van der Waals surface area contributed by atoms with E-state index in [1.54, 1.807) is 0 Å². The van der Waals surface area contributed by atoms with E-state index in [4.69, 9.17) is 5.73 Å². The number of likely N-dealkylation sites (N-methyl/N-ethyl adjacent to an activating group) is 1. The molecule has 0 saturated heterocycles. The molecule has 0 aromatic heterocycles. The van der Waals surface area contributed by atoms with Gasteiger partial charge in [0, 0.05) is 19.1 Å². The molecule has 4 nitrogen and oxygen atoms in total. The van der Waals surface area contributed by atoms with Crippen LogP contribution < -0.4 is 11.1 Å². The average molecular weight is 263 g/mol. The normalized spacial score (nSPS) is 12.8. The van der Waals surface area contributed by atoms with Crippen molar-refractivity contribution in [2.75, 3.05) is 7.05 Å². The molecule has 0 bridgehead atoms. The monoisotopic (exact) mass is 263 g/mol. The minimum absolute atomic E-state index is 0.0658. The Morgan fingerprint density at radius 2 is 1.74 bits per heavy atom. The van der Waals surface area contributed by atoms with Gasteiger partial charge in [-0.25, -0.2) is 0 Å². The molecule has 1 rings (SSSR count). The molecule has 4 heteroatoms. The Labute approximate surface area is 116 Å².